The number of rotatable bonds is 15. The van der Waals surface area contributed by atoms with E-state index in [0.717, 1.165) is 0 Å². The van der Waals surface area contributed by atoms with E-state index in [2.05, 4.69) is 16.0 Å². The largest absolute Gasteiger partial charge is 0.480 e. The minimum Gasteiger partial charge on any atom is -0.480 e. The highest BCUT2D eigenvalue weighted by Gasteiger charge is 2.33. The van der Waals surface area contributed by atoms with Crippen LogP contribution < -0.4 is 27.4 Å². The third kappa shape index (κ3) is 10.9. The van der Waals surface area contributed by atoms with Gasteiger partial charge in [0.1, 0.15) is 18.1 Å². The molecule has 186 valence electrons. The molecule has 11 heteroatoms. The lowest BCUT2D eigenvalue weighted by Gasteiger charge is -2.27. The molecule has 0 aromatic rings. The van der Waals surface area contributed by atoms with Gasteiger partial charge in [-0.05, 0) is 44.6 Å². The number of carboxylic acid groups (broad SMARTS) is 1. The second-order valence-corrected chi connectivity index (χ2v) is 8.88. The first kappa shape index (κ1) is 29.8. The summed E-state index contributed by atoms with van der Waals surface area (Å²) in [7, 11) is 0. The molecular formula is C21H41N5O6. The first-order valence-electron chi connectivity index (χ1n) is 11.1. The molecule has 0 aromatic carbocycles. The molecular weight excluding hydrogens is 418 g/mol. The number of nitrogens with one attached hydrogen (secondary N) is 3. The van der Waals surface area contributed by atoms with Gasteiger partial charge < -0.3 is 37.6 Å². The highest BCUT2D eigenvalue weighted by molar-refractivity contribution is 5.94. The van der Waals surface area contributed by atoms with Crippen LogP contribution in [0.2, 0.25) is 0 Å². The van der Waals surface area contributed by atoms with E-state index in [9.17, 15) is 29.4 Å². The summed E-state index contributed by atoms with van der Waals surface area (Å²) in [6.07, 6.45) is 0.720. The fourth-order valence-corrected chi connectivity index (χ4v) is 3.04. The molecule has 9 N–H and O–H groups in total. The SMILES string of the molecule is CC(C)CC(NC(=O)C(NC(=O)C(N)CCCCN)C(C)O)C(=O)NC(C(=O)O)C(C)C. The van der Waals surface area contributed by atoms with E-state index in [0.29, 0.717) is 25.8 Å². The van der Waals surface area contributed by atoms with Crippen LogP contribution in [0.1, 0.15) is 60.3 Å². The molecule has 0 aliphatic carbocycles. The zero-order valence-electron chi connectivity index (χ0n) is 19.8. The lowest BCUT2D eigenvalue weighted by atomic mass is 9.99. The topological polar surface area (TPSA) is 197 Å². The number of aliphatic carboxylic acids is 1. The number of carboxylic acids is 1. The Balaban J connectivity index is 5.33. The molecule has 32 heavy (non-hydrogen) atoms. The number of carbonyl (C=O) groups is 4. The number of aliphatic hydroxyl groups is 1. The van der Waals surface area contributed by atoms with Crippen molar-refractivity contribution >= 4 is 23.7 Å². The van der Waals surface area contributed by atoms with Crippen molar-refractivity contribution in [1.29, 1.82) is 0 Å². The summed E-state index contributed by atoms with van der Waals surface area (Å²) in [5.74, 6) is -3.55. The summed E-state index contributed by atoms with van der Waals surface area (Å²) in [5, 5.41) is 26.8. The average molecular weight is 460 g/mol. The predicted octanol–water partition coefficient (Wildman–Crippen LogP) is -0.935. The monoisotopic (exact) mass is 459 g/mol. The lowest BCUT2D eigenvalue weighted by molar-refractivity contribution is -0.143. The van der Waals surface area contributed by atoms with Gasteiger partial charge in [-0.15, -0.1) is 0 Å². The lowest BCUT2D eigenvalue weighted by Crippen LogP contribution is -2.60. The van der Waals surface area contributed by atoms with Gasteiger partial charge in [0.15, 0.2) is 0 Å². The van der Waals surface area contributed by atoms with Crippen LogP contribution in [-0.4, -0.2) is 70.7 Å². The van der Waals surface area contributed by atoms with Crippen molar-refractivity contribution in [3.63, 3.8) is 0 Å². The summed E-state index contributed by atoms with van der Waals surface area (Å²) in [4.78, 5) is 49.3. The fourth-order valence-electron chi connectivity index (χ4n) is 3.04. The molecule has 0 saturated carbocycles. The van der Waals surface area contributed by atoms with Gasteiger partial charge in [0.05, 0.1) is 12.1 Å². The molecule has 3 amide bonds. The smallest absolute Gasteiger partial charge is 0.326 e. The Labute approximate surface area is 190 Å². The Hall–Kier alpha value is -2.24. The molecule has 5 atom stereocenters. The van der Waals surface area contributed by atoms with E-state index < -0.39 is 54.0 Å². The van der Waals surface area contributed by atoms with Crippen molar-refractivity contribution in [1.82, 2.24) is 16.0 Å². The first-order chi connectivity index (χ1) is 14.8. The number of unbranched alkanes of at least 4 members (excludes halogenated alkanes) is 1. The van der Waals surface area contributed by atoms with E-state index in [1.54, 1.807) is 13.8 Å². The minimum atomic E-state index is -1.33. The van der Waals surface area contributed by atoms with Crippen LogP contribution in [0.25, 0.3) is 0 Å². The highest BCUT2D eigenvalue weighted by Crippen LogP contribution is 2.09. The maximum atomic E-state index is 12.8. The summed E-state index contributed by atoms with van der Waals surface area (Å²) < 4.78 is 0. The van der Waals surface area contributed by atoms with Crippen LogP contribution in [0.15, 0.2) is 0 Å². The van der Waals surface area contributed by atoms with Crippen molar-refractivity contribution in [2.45, 2.75) is 90.6 Å². The van der Waals surface area contributed by atoms with Crippen LogP contribution in [0.3, 0.4) is 0 Å². The van der Waals surface area contributed by atoms with Crippen molar-refractivity contribution < 1.29 is 29.4 Å². The molecule has 0 rings (SSSR count). The summed E-state index contributed by atoms with van der Waals surface area (Å²) >= 11 is 0. The molecule has 0 fully saturated rings. The maximum absolute atomic E-state index is 12.8. The molecule has 5 unspecified atom stereocenters. The Morgan fingerprint density at radius 3 is 1.84 bits per heavy atom. The molecule has 0 radical (unpaired) electrons. The zero-order valence-corrected chi connectivity index (χ0v) is 19.8. The van der Waals surface area contributed by atoms with E-state index in [1.165, 1.54) is 6.92 Å². The van der Waals surface area contributed by atoms with Crippen molar-refractivity contribution in [3.8, 4) is 0 Å². The summed E-state index contributed by atoms with van der Waals surface area (Å²) in [5.41, 5.74) is 11.3. The van der Waals surface area contributed by atoms with Crippen molar-refractivity contribution in [3.05, 3.63) is 0 Å². The molecule has 0 aliphatic rings. The average Bonchev–Trinajstić information content (AvgIpc) is 2.67. The number of hydrogen-bond donors (Lipinski definition) is 7. The molecule has 0 saturated heterocycles. The van der Waals surface area contributed by atoms with E-state index in [-0.39, 0.29) is 18.3 Å². The van der Waals surface area contributed by atoms with Gasteiger partial charge >= 0.3 is 5.97 Å². The Kier molecular flexibility index (Phi) is 13.7. The molecule has 11 nitrogen and oxygen atoms in total. The Morgan fingerprint density at radius 1 is 0.844 bits per heavy atom. The quantitative estimate of drug-likeness (QED) is 0.152. The molecule has 0 aliphatic heterocycles. The molecule has 0 aromatic heterocycles. The number of hydrogen-bond acceptors (Lipinski definition) is 7. The van der Waals surface area contributed by atoms with E-state index in [4.69, 9.17) is 11.5 Å². The van der Waals surface area contributed by atoms with Gasteiger partial charge in [-0.3, -0.25) is 14.4 Å². The second-order valence-electron chi connectivity index (χ2n) is 8.88. The number of carbonyl (C=O) groups excluding carboxylic acids is 3. The summed E-state index contributed by atoms with van der Waals surface area (Å²) in [6, 6.07) is -4.36. The Morgan fingerprint density at radius 2 is 1.41 bits per heavy atom. The van der Waals surface area contributed by atoms with E-state index >= 15 is 0 Å². The zero-order chi connectivity index (χ0) is 25.0. The third-order valence-electron chi connectivity index (χ3n) is 4.94. The third-order valence-corrected chi connectivity index (χ3v) is 4.94. The normalized spacial score (nSPS) is 16.1. The number of nitrogens with two attached hydrogens (primary N) is 2. The van der Waals surface area contributed by atoms with Crippen LogP contribution in [-0.2, 0) is 19.2 Å². The van der Waals surface area contributed by atoms with Crippen LogP contribution in [0.5, 0.6) is 0 Å². The molecule has 0 bridgehead atoms. The van der Waals surface area contributed by atoms with Crippen molar-refractivity contribution in [2.75, 3.05) is 6.54 Å². The van der Waals surface area contributed by atoms with Crippen LogP contribution in [0, 0.1) is 11.8 Å². The van der Waals surface area contributed by atoms with E-state index in [1.807, 2.05) is 13.8 Å². The van der Waals surface area contributed by atoms with Gasteiger partial charge in [0, 0.05) is 0 Å². The standard InChI is InChI=1S/C21H41N5O6/c1-11(2)10-15(19(29)25-16(12(3)4)21(31)32)24-20(30)17(13(5)27)26-18(28)14(23)8-6-7-9-22/h11-17,27H,6-10,22-23H2,1-5H3,(H,24,30)(H,25,29)(H,26,28)(H,31,32). The maximum Gasteiger partial charge on any atom is 0.326 e. The molecule has 0 heterocycles. The van der Waals surface area contributed by atoms with Gasteiger partial charge in [-0.25, -0.2) is 4.79 Å². The number of aliphatic hydroxyl groups excluding tert-OH is 1. The van der Waals surface area contributed by atoms with Gasteiger partial charge in [0.25, 0.3) is 0 Å². The van der Waals surface area contributed by atoms with Crippen molar-refractivity contribution in [2.24, 2.45) is 23.3 Å². The highest BCUT2D eigenvalue weighted by atomic mass is 16.4. The van der Waals surface area contributed by atoms with Gasteiger partial charge in [0.2, 0.25) is 17.7 Å². The molecule has 0 spiro atoms. The second kappa shape index (κ2) is 14.8. The summed E-state index contributed by atoms with van der Waals surface area (Å²) in [6.45, 7) is 8.82. The fraction of sp³-hybridized carbons (Fsp3) is 0.810. The Bertz CT molecular complexity index is 626. The number of amides is 3. The predicted molar refractivity (Wildman–Crippen MR) is 120 cm³/mol. The van der Waals surface area contributed by atoms with Gasteiger partial charge in [-0.1, -0.05) is 34.1 Å². The van der Waals surface area contributed by atoms with Crippen LogP contribution >= 0.6 is 0 Å². The first-order valence-corrected chi connectivity index (χ1v) is 11.1. The minimum absolute atomic E-state index is 0.00365. The van der Waals surface area contributed by atoms with Crippen LogP contribution in [0.4, 0.5) is 0 Å². The van der Waals surface area contributed by atoms with Gasteiger partial charge in [-0.2, -0.15) is 0 Å².